The van der Waals surface area contributed by atoms with E-state index in [0.717, 1.165) is 0 Å². The van der Waals surface area contributed by atoms with Crippen LogP contribution in [0.1, 0.15) is 20.7 Å². The summed E-state index contributed by atoms with van der Waals surface area (Å²) in [5.41, 5.74) is 0.582. The van der Waals surface area contributed by atoms with Crippen LogP contribution in [0.25, 0.3) is 0 Å². The summed E-state index contributed by atoms with van der Waals surface area (Å²) in [5.74, 6) is -1.19. The van der Waals surface area contributed by atoms with Gasteiger partial charge in [-0.3, -0.25) is 4.79 Å². The van der Waals surface area contributed by atoms with E-state index < -0.39 is 11.9 Å². The largest absolute Gasteiger partial charge is 0.508 e. The summed E-state index contributed by atoms with van der Waals surface area (Å²) in [6.45, 7) is 0. The minimum absolute atomic E-state index is 0.0460. The molecule has 1 amide bonds. The Balaban J connectivity index is 2.28. The van der Waals surface area contributed by atoms with Crippen LogP contribution >= 0.6 is 0 Å². The maximum Gasteiger partial charge on any atom is 0.340 e. The standard InChI is InChI=1S/C15H13NO5/c1-21-15(20)12-8-11(18)6-7-13(12)16-14(19)9-2-4-10(17)5-3-9/h2-8,17-18H,1H3,(H,16,19). The van der Waals surface area contributed by atoms with Crippen molar-refractivity contribution in [2.45, 2.75) is 0 Å². The second-order valence-electron chi connectivity index (χ2n) is 4.22. The quantitative estimate of drug-likeness (QED) is 0.593. The number of rotatable bonds is 3. The van der Waals surface area contributed by atoms with E-state index in [2.05, 4.69) is 10.1 Å². The molecule has 3 N–H and O–H groups in total. The van der Waals surface area contributed by atoms with E-state index in [0.29, 0.717) is 5.56 Å². The van der Waals surface area contributed by atoms with Gasteiger partial charge in [-0.05, 0) is 42.5 Å². The van der Waals surface area contributed by atoms with Gasteiger partial charge in [-0.15, -0.1) is 0 Å². The molecule has 21 heavy (non-hydrogen) atoms. The highest BCUT2D eigenvalue weighted by Gasteiger charge is 2.15. The number of phenols is 2. The molecule has 0 aliphatic heterocycles. The number of anilines is 1. The van der Waals surface area contributed by atoms with Gasteiger partial charge in [-0.1, -0.05) is 0 Å². The van der Waals surface area contributed by atoms with E-state index in [-0.39, 0.29) is 22.7 Å². The SMILES string of the molecule is COC(=O)c1cc(O)ccc1NC(=O)c1ccc(O)cc1. The third-order valence-corrected chi connectivity index (χ3v) is 2.79. The zero-order valence-electron chi connectivity index (χ0n) is 11.2. The Kier molecular flexibility index (Phi) is 4.08. The van der Waals surface area contributed by atoms with Gasteiger partial charge in [0.05, 0.1) is 18.4 Å². The van der Waals surface area contributed by atoms with Gasteiger partial charge in [-0.25, -0.2) is 4.79 Å². The van der Waals surface area contributed by atoms with Crippen LogP contribution in [0.2, 0.25) is 0 Å². The number of ether oxygens (including phenoxy) is 1. The summed E-state index contributed by atoms with van der Waals surface area (Å²) >= 11 is 0. The highest BCUT2D eigenvalue weighted by molar-refractivity contribution is 6.08. The molecule has 0 aromatic heterocycles. The van der Waals surface area contributed by atoms with E-state index in [9.17, 15) is 19.8 Å². The molecule has 0 unspecified atom stereocenters. The van der Waals surface area contributed by atoms with Gasteiger partial charge in [-0.2, -0.15) is 0 Å². The summed E-state index contributed by atoms with van der Waals surface area (Å²) in [7, 11) is 1.21. The number of carbonyl (C=O) groups is 2. The van der Waals surface area contributed by atoms with Crippen molar-refractivity contribution in [2.75, 3.05) is 12.4 Å². The minimum atomic E-state index is -0.674. The van der Waals surface area contributed by atoms with E-state index in [1.165, 1.54) is 49.6 Å². The Labute approximate surface area is 120 Å². The number of benzene rings is 2. The van der Waals surface area contributed by atoms with Crippen LogP contribution in [-0.4, -0.2) is 29.2 Å². The van der Waals surface area contributed by atoms with Gasteiger partial charge >= 0.3 is 5.97 Å². The number of amides is 1. The van der Waals surface area contributed by atoms with Gasteiger partial charge in [0.25, 0.3) is 5.91 Å². The van der Waals surface area contributed by atoms with Crippen molar-refractivity contribution in [2.24, 2.45) is 0 Å². The molecule has 0 aliphatic carbocycles. The molecule has 0 heterocycles. The molecule has 108 valence electrons. The van der Waals surface area contributed by atoms with Crippen molar-refractivity contribution in [1.29, 1.82) is 0 Å². The molecule has 6 nitrogen and oxygen atoms in total. The van der Waals surface area contributed by atoms with Crippen LogP contribution < -0.4 is 5.32 Å². The maximum absolute atomic E-state index is 12.1. The Morgan fingerprint density at radius 1 is 1.00 bits per heavy atom. The summed E-state index contributed by atoms with van der Waals surface area (Å²) in [6, 6.07) is 9.61. The molecule has 2 aromatic rings. The zero-order valence-corrected chi connectivity index (χ0v) is 11.2. The lowest BCUT2D eigenvalue weighted by molar-refractivity contribution is 0.0601. The number of hydrogen-bond donors (Lipinski definition) is 3. The van der Waals surface area contributed by atoms with Crippen LogP contribution in [0.5, 0.6) is 11.5 Å². The third-order valence-electron chi connectivity index (χ3n) is 2.79. The van der Waals surface area contributed by atoms with E-state index in [4.69, 9.17) is 0 Å². The smallest absolute Gasteiger partial charge is 0.340 e. The molecule has 0 atom stereocenters. The number of methoxy groups -OCH3 is 1. The summed E-state index contributed by atoms with van der Waals surface area (Å²) < 4.78 is 4.60. The first-order valence-corrected chi connectivity index (χ1v) is 6.03. The molecule has 0 saturated carbocycles. The molecule has 2 aromatic carbocycles. The number of carbonyl (C=O) groups excluding carboxylic acids is 2. The predicted molar refractivity (Wildman–Crippen MR) is 75.5 cm³/mol. The Morgan fingerprint density at radius 3 is 2.24 bits per heavy atom. The van der Waals surface area contributed by atoms with Gasteiger partial charge in [0.15, 0.2) is 0 Å². The molecule has 6 heteroatoms. The van der Waals surface area contributed by atoms with Crippen LogP contribution in [-0.2, 0) is 4.74 Å². The van der Waals surface area contributed by atoms with Crippen LogP contribution in [0.15, 0.2) is 42.5 Å². The second-order valence-corrected chi connectivity index (χ2v) is 4.22. The highest BCUT2D eigenvalue weighted by Crippen LogP contribution is 2.23. The number of hydrogen-bond acceptors (Lipinski definition) is 5. The van der Waals surface area contributed by atoms with E-state index in [1.54, 1.807) is 0 Å². The van der Waals surface area contributed by atoms with Gasteiger partial charge < -0.3 is 20.3 Å². The average Bonchev–Trinajstić information content (AvgIpc) is 2.48. The molecule has 0 saturated heterocycles. The van der Waals surface area contributed by atoms with E-state index >= 15 is 0 Å². The normalized spacial score (nSPS) is 9.95. The zero-order chi connectivity index (χ0) is 15.4. The second kappa shape index (κ2) is 5.96. The van der Waals surface area contributed by atoms with Crippen molar-refractivity contribution in [3.05, 3.63) is 53.6 Å². The van der Waals surface area contributed by atoms with Crippen LogP contribution in [0.3, 0.4) is 0 Å². The topological polar surface area (TPSA) is 95.9 Å². The third kappa shape index (κ3) is 3.30. The highest BCUT2D eigenvalue weighted by atomic mass is 16.5. The Bertz CT molecular complexity index is 679. The summed E-state index contributed by atoms with van der Waals surface area (Å²) in [5, 5.41) is 21.2. The van der Waals surface area contributed by atoms with Crippen molar-refractivity contribution in [3.8, 4) is 11.5 Å². The fraction of sp³-hybridized carbons (Fsp3) is 0.0667. The number of nitrogens with one attached hydrogen (secondary N) is 1. The van der Waals surface area contributed by atoms with Crippen LogP contribution in [0.4, 0.5) is 5.69 Å². The van der Waals surface area contributed by atoms with Crippen molar-refractivity contribution >= 4 is 17.6 Å². The first-order chi connectivity index (χ1) is 10.0. The number of esters is 1. The maximum atomic E-state index is 12.1. The van der Waals surface area contributed by atoms with Gasteiger partial charge in [0, 0.05) is 5.56 Å². The summed E-state index contributed by atoms with van der Waals surface area (Å²) in [6.07, 6.45) is 0. The Morgan fingerprint density at radius 2 is 1.62 bits per heavy atom. The first-order valence-electron chi connectivity index (χ1n) is 6.03. The lowest BCUT2D eigenvalue weighted by atomic mass is 10.1. The Hall–Kier alpha value is -3.02. The molecular weight excluding hydrogens is 274 g/mol. The number of phenolic OH excluding ortho intramolecular Hbond substituents is 2. The monoisotopic (exact) mass is 287 g/mol. The molecule has 2 rings (SSSR count). The molecule has 0 aliphatic rings. The molecular formula is C15H13NO5. The van der Waals surface area contributed by atoms with Crippen molar-refractivity contribution in [1.82, 2.24) is 0 Å². The minimum Gasteiger partial charge on any atom is -0.508 e. The molecule has 0 radical (unpaired) electrons. The summed E-state index contributed by atoms with van der Waals surface area (Å²) in [4.78, 5) is 23.7. The van der Waals surface area contributed by atoms with Gasteiger partial charge in [0.1, 0.15) is 11.5 Å². The van der Waals surface area contributed by atoms with E-state index in [1.807, 2.05) is 0 Å². The lowest BCUT2D eigenvalue weighted by Crippen LogP contribution is -2.15. The van der Waals surface area contributed by atoms with Crippen molar-refractivity contribution < 1.29 is 24.5 Å². The molecule has 0 spiro atoms. The predicted octanol–water partition coefficient (Wildman–Crippen LogP) is 2.14. The van der Waals surface area contributed by atoms with Crippen LogP contribution in [0, 0.1) is 0 Å². The fourth-order valence-corrected chi connectivity index (χ4v) is 1.73. The average molecular weight is 287 g/mol. The number of aromatic hydroxyl groups is 2. The lowest BCUT2D eigenvalue weighted by Gasteiger charge is -2.10. The van der Waals surface area contributed by atoms with Crippen molar-refractivity contribution in [3.63, 3.8) is 0 Å². The van der Waals surface area contributed by atoms with Gasteiger partial charge in [0.2, 0.25) is 0 Å². The fourth-order valence-electron chi connectivity index (χ4n) is 1.73. The first kappa shape index (κ1) is 14.4. The molecule has 0 fully saturated rings. The molecule has 0 bridgehead atoms.